The molecule has 20 heavy (non-hydrogen) atoms. The summed E-state index contributed by atoms with van der Waals surface area (Å²) in [7, 11) is 0. The van der Waals surface area contributed by atoms with Crippen LogP contribution in [-0.4, -0.2) is 23.9 Å². The highest BCUT2D eigenvalue weighted by Gasteiger charge is 2.17. The molecule has 1 fully saturated rings. The predicted molar refractivity (Wildman–Crippen MR) is 77.2 cm³/mol. The first-order valence-corrected chi connectivity index (χ1v) is 6.77. The van der Waals surface area contributed by atoms with Crippen LogP contribution in [0.5, 0.6) is 11.5 Å². The number of Topliss-reactive ketones (excluding diaryl/α,β-unsaturated/α-hetero) is 1. The number of carbonyl (C=O) groups is 1. The first-order valence-electron chi connectivity index (χ1n) is 6.77. The van der Waals surface area contributed by atoms with Crippen LogP contribution in [0.1, 0.15) is 12.8 Å². The molecule has 1 aromatic carbocycles. The van der Waals surface area contributed by atoms with Gasteiger partial charge in [-0.2, -0.15) is 0 Å². The lowest BCUT2D eigenvalue weighted by Crippen LogP contribution is -2.34. The highest BCUT2D eigenvalue weighted by Crippen LogP contribution is 2.23. The van der Waals surface area contributed by atoms with E-state index >= 15 is 0 Å². The summed E-state index contributed by atoms with van der Waals surface area (Å²) in [6.07, 6.45) is 2.95. The third-order valence-corrected chi connectivity index (χ3v) is 3.34. The molecule has 0 spiro atoms. The summed E-state index contributed by atoms with van der Waals surface area (Å²) < 4.78 is 5.70. The molecular weight excluding hydrogens is 252 g/mol. The van der Waals surface area contributed by atoms with Crippen molar-refractivity contribution in [3.05, 3.63) is 48.7 Å². The Bertz CT molecular complexity index is 571. The molecular formula is C16H16N2O2. The molecule has 0 N–H and O–H groups in total. The zero-order chi connectivity index (χ0) is 13.8. The van der Waals surface area contributed by atoms with Gasteiger partial charge in [-0.3, -0.25) is 4.79 Å². The summed E-state index contributed by atoms with van der Waals surface area (Å²) in [4.78, 5) is 17.8. The third-order valence-electron chi connectivity index (χ3n) is 3.34. The number of hydrogen-bond donors (Lipinski definition) is 0. The van der Waals surface area contributed by atoms with E-state index in [0.29, 0.717) is 24.4 Å². The first-order chi connectivity index (χ1) is 9.81. The topological polar surface area (TPSA) is 42.4 Å². The number of ketones is 1. The fraction of sp³-hybridized carbons (Fsp3) is 0.250. The van der Waals surface area contributed by atoms with Gasteiger partial charge in [-0.15, -0.1) is 0 Å². The number of benzene rings is 1. The van der Waals surface area contributed by atoms with E-state index in [-0.39, 0.29) is 0 Å². The van der Waals surface area contributed by atoms with Gasteiger partial charge in [0, 0.05) is 25.9 Å². The average Bonchev–Trinajstić information content (AvgIpc) is 2.50. The quantitative estimate of drug-likeness (QED) is 0.858. The second kappa shape index (κ2) is 5.74. The number of anilines is 1. The van der Waals surface area contributed by atoms with Crippen molar-refractivity contribution in [2.24, 2.45) is 0 Å². The van der Waals surface area contributed by atoms with Crippen LogP contribution in [0.15, 0.2) is 48.7 Å². The maximum atomic E-state index is 11.2. The molecule has 0 saturated carbocycles. The second-order valence-corrected chi connectivity index (χ2v) is 4.79. The first kappa shape index (κ1) is 12.7. The van der Waals surface area contributed by atoms with Gasteiger partial charge >= 0.3 is 0 Å². The molecule has 0 amide bonds. The van der Waals surface area contributed by atoms with Gasteiger partial charge in [0.25, 0.3) is 0 Å². The number of hydrogen-bond acceptors (Lipinski definition) is 4. The number of aromatic nitrogens is 1. The highest BCUT2D eigenvalue weighted by atomic mass is 16.5. The zero-order valence-corrected chi connectivity index (χ0v) is 11.2. The van der Waals surface area contributed by atoms with Gasteiger partial charge < -0.3 is 9.64 Å². The molecule has 0 aliphatic carbocycles. The molecule has 4 heteroatoms. The summed E-state index contributed by atoms with van der Waals surface area (Å²) in [5.74, 6) is 2.75. The molecule has 1 aliphatic heterocycles. The predicted octanol–water partition coefficient (Wildman–Crippen LogP) is 3.04. The van der Waals surface area contributed by atoms with E-state index in [4.69, 9.17) is 4.74 Å². The van der Waals surface area contributed by atoms with E-state index in [9.17, 15) is 4.79 Å². The van der Waals surface area contributed by atoms with Crippen molar-refractivity contribution in [1.29, 1.82) is 0 Å². The lowest BCUT2D eigenvalue weighted by Gasteiger charge is -2.26. The van der Waals surface area contributed by atoms with Crippen molar-refractivity contribution in [2.45, 2.75) is 12.8 Å². The lowest BCUT2D eigenvalue weighted by atomic mass is 10.1. The zero-order valence-electron chi connectivity index (χ0n) is 11.2. The number of para-hydroxylation sites is 1. The van der Waals surface area contributed by atoms with Gasteiger partial charge in [0.05, 0.1) is 6.20 Å². The van der Waals surface area contributed by atoms with E-state index in [2.05, 4.69) is 9.88 Å². The van der Waals surface area contributed by atoms with Crippen molar-refractivity contribution >= 4 is 11.6 Å². The van der Waals surface area contributed by atoms with Gasteiger partial charge in [0.15, 0.2) is 0 Å². The van der Waals surface area contributed by atoms with E-state index in [0.717, 1.165) is 24.7 Å². The molecule has 3 rings (SSSR count). The van der Waals surface area contributed by atoms with Crippen molar-refractivity contribution in [2.75, 3.05) is 18.0 Å². The number of pyridine rings is 1. The van der Waals surface area contributed by atoms with Gasteiger partial charge in [0.1, 0.15) is 23.1 Å². The van der Waals surface area contributed by atoms with Crippen molar-refractivity contribution in [1.82, 2.24) is 4.98 Å². The van der Waals surface area contributed by atoms with Crippen LogP contribution in [0.2, 0.25) is 0 Å². The van der Waals surface area contributed by atoms with Crippen LogP contribution in [0.3, 0.4) is 0 Å². The Kier molecular flexibility index (Phi) is 3.63. The Hall–Kier alpha value is -2.36. The Labute approximate surface area is 118 Å². The molecule has 4 nitrogen and oxygen atoms in total. The average molecular weight is 268 g/mol. The molecule has 0 bridgehead atoms. The van der Waals surface area contributed by atoms with Crippen LogP contribution in [0.25, 0.3) is 0 Å². The fourth-order valence-corrected chi connectivity index (χ4v) is 2.23. The SMILES string of the molecule is O=C1CCN(c2ccc(Oc3ccccc3)cn2)CC1. The minimum atomic E-state index is 0.338. The number of carbonyl (C=O) groups excluding carboxylic acids is 1. The Balaban J connectivity index is 1.67. The maximum Gasteiger partial charge on any atom is 0.145 e. The number of piperidine rings is 1. The molecule has 2 aromatic rings. The summed E-state index contributed by atoms with van der Waals surface area (Å²) in [6.45, 7) is 1.51. The standard InChI is InChI=1S/C16H16N2O2/c19-13-8-10-18(11-9-13)16-7-6-15(12-17-16)20-14-4-2-1-3-5-14/h1-7,12H,8-11H2. The molecule has 0 radical (unpaired) electrons. The van der Waals surface area contributed by atoms with E-state index in [1.54, 1.807) is 6.20 Å². The van der Waals surface area contributed by atoms with Crippen molar-refractivity contribution in [3.8, 4) is 11.5 Å². The molecule has 0 atom stereocenters. The smallest absolute Gasteiger partial charge is 0.145 e. The molecule has 1 aromatic heterocycles. The van der Waals surface area contributed by atoms with Gasteiger partial charge in [-0.05, 0) is 24.3 Å². The minimum absolute atomic E-state index is 0.338. The van der Waals surface area contributed by atoms with Crippen LogP contribution in [0, 0.1) is 0 Å². The van der Waals surface area contributed by atoms with Crippen molar-refractivity contribution < 1.29 is 9.53 Å². The van der Waals surface area contributed by atoms with Crippen molar-refractivity contribution in [3.63, 3.8) is 0 Å². The van der Waals surface area contributed by atoms with E-state index in [1.165, 1.54) is 0 Å². The van der Waals surface area contributed by atoms with Crippen LogP contribution in [-0.2, 0) is 4.79 Å². The van der Waals surface area contributed by atoms with E-state index in [1.807, 2.05) is 42.5 Å². The highest BCUT2D eigenvalue weighted by molar-refractivity contribution is 5.80. The van der Waals surface area contributed by atoms with Crippen LogP contribution < -0.4 is 9.64 Å². The van der Waals surface area contributed by atoms with Gasteiger partial charge in [-0.1, -0.05) is 18.2 Å². The van der Waals surface area contributed by atoms with Crippen LogP contribution >= 0.6 is 0 Å². The molecule has 1 aliphatic rings. The number of nitrogens with zero attached hydrogens (tertiary/aromatic N) is 2. The fourth-order valence-electron chi connectivity index (χ4n) is 2.23. The maximum absolute atomic E-state index is 11.2. The summed E-state index contributed by atoms with van der Waals surface area (Å²) in [5, 5.41) is 0. The second-order valence-electron chi connectivity index (χ2n) is 4.79. The Morgan fingerprint density at radius 1 is 0.950 bits per heavy atom. The third kappa shape index (κ3) is 2.96. The van der Waals surface area contributed by atoms with E-state index < -0.39 is 0 Å². The lowest BCUT2D eigenvalue weighted by molar-refractivity contribution is -0.119. The Morgan fingerprint density at radius 3 is 2.35 bits per heavy atom. The normalized spacial score (nSPS) is 15.2. The molecule has 102 valence electrons. The minimum Gasteiger partial charge on any atom is -0.456 e. The summed E-state index contributed by atoms with van der Waals surface area (Å²) >= 11 is 0. The summed E-state index contributed by atoms with van der Waals surface area (Å²) in [5.41, 5.74) is 0. The number of ether oxygens (including phenoxy) is 1. The largest absolute Gasteiger partial charge is 0.456 e. The molecule has 2 heterocycles. The number of rotatable bonds is 3. The van der Waals surface area contributed by atoms with Gasteiger partial charge in [0.2, 0.25) is 0 Å². The van der Waals surface area contributed by atoms with Gasteiger partial charge in [-0.25, -0.2) is 4.98 Å². The molecule has 1 saturated heterocycles. The Morgan fingerprint density at radius 2 is 1.70 bits per heavy atom. The monoisotopic (exact) mass is 268 g/mol. The summed E-state index contributed by atoms with van der Waals surface area (Å²) in [6, 6.07) is 13.5. The van der Waals surface area contributed by atoms with Crippen LogP contribution in [0.4, 0.5) is 5.82 Å². The molecule has 0 unspecified atom stereocenters.